The molecule has 1 amide bonds. The van der Waals surface area contributed by atoms with Crippen molar-refractivity contribution >= 4 is 11.7 Å². The Morgan fingerprint density at radius 1 is 1.11 bits per heavy atom. The highest BCUT2D eigenvalue weighted by molar-refractivity contribution is 6.07. The molecule has 1 aromatic heterocycles. The summed E-state index contributed by atoms with van der Waals surface area (Å²) in [6.45, 7) is 5.98. The number of hydrogen-bond acceptors (Lipinski definition) is 2. The molecule has 3 heteroatoms. The van der Waals surface area contributed by atoms with E-state index < -0.39 is 0 Å². The van der Waals surface area contributed by atoms with Crippen LogP contribution in [0.25, 0.3) is 0 Å². The number of benzene rings is 1. The fourth-order valence-corrected chi connectivity index (χ4v) is 2.34. The van der Waals surface area contributed by atoms with E-state index in [1.54, 1.807) is 18.1 Å². The molecule has 0 aliphatic heterocycles. The van der Waals surface area contributed by atoms with Crippen LogP contribution in [0.3, 0.4) is 0 Å². The number of aromatic nitrogens is 1. The van der Waals surface area contributed by atoms with Crippen molar-refractivity contribution in [2.24, 2.45) is 0 Å². The number of amides is 1. The molecule has 0 bridgehead atoms. The van der Waals surface area contributed by atoms with Gasteiger partial charge in [-0.05, 0) is 44.0 Å². The average molecular weight is 254 g/mol. The molecular weight excluding hydrogens is 236 g/mol. The molecule has 0 saturated carbocycles. The number of anilines is 1. The number of rotatable bonds is 2. The van der Waals surface area contributed by atoms with E-state index in [9.17, 15) is 4.79 Å². The van der Waals surface area contributed by atoms with Crippen molar-refractivity contribution in [3.63, 3.8) is 0 Å². The number of pyridine rings is 1. The van der Waals surface area contributed by atoms with Crippen LogP contribution >= 0.6 is 0 Å². The molecular formula is C16H18N2O. The third-order valence-electron chi connectivity index (χ3n) is 3.19. The molecule has 3 nitrogen and oxygen atoms in total. The van der Waals surface area contributed by atoms with E-state index in [1.807, 2.05) is 51.1 Å². The Morgan fingerprint density at radius 2 is 1.74 bits per heavy atom. The summed E-state index contributed by atoms with van der Waals surface area (Å²) >= 11 is 0. The highest BCUT2D eigenvalue weighted by atomic mass is 16.2. The van der Waals surface area contributed by atoms with Gasteiger partial charge in [0.15, 0.2) is 0 Å². The van der Waals surface area contributed by atoms with Crippen LogP contribution in [-0.4, -0.2) is 17.9 Å². The van der Waals surface area contributed by atoms with Crippen LogP contribution in [0.15, 0.2) is 36.5 Å². The molecule has 2 rings (SSSR count). The van der Waals surface area contributed by atoms with Gasteiger partial charge in [-0.2, -0.15) is 0 Å². The zero-order valence-electron chi connectivity index (χ0n) is 11.8. The fourth-order valence-electron chi connectivity index (χ4n) is 2.34. The van der Waals surface area contributed by atoms with Crippen LogP contribution < -0.4 is 4.90 Å². The quantitative estimate of drug-likeness (QED) is 0.824. The Kier molecular flexibility index (Phi) is 3.65. The molecule has 0 N–H and O–H groups in total. The lowest BCUT2D eigenvalue weighted by atomic mass is 9.99. The molecule has 0 unspecified atom stereocenters. The van der Waals surface area contributed by atoms with Crippen molar-refractivity contribution in [1.29, 1.82) is 0 Å². The van der Waals surface area contributed by atoms with Crippen molar-refractivity contribution < 1.29 is 4.79 Å². The second kappa shape index (κ2) is 5.22. The summed E-state index contributed by atoms with van der Waals surface area (Å²) in [5, 5.41) is 0. The molecule has 2 aromatic rings. The summed E-state index contributed by atoms with van der Waals surface area (Å²) in [7, 11) is 1.75. The van der Waals surface area contributed by atoms with Crippen molar-refractivity contribution in [3.05, 3.63) is 58.8 Å². The van der Waals surface area contributed by atoms with Gasteiger partial charge in [0.1, 0.15) is 5.82 Å². The highest BCUT2D eigenvalue weighted by Crippen LogP contribution is 2.20. The normalized spacial score (nSPS) is 10.3. The van der Waals surface area contributed by atoms with E-state index in [2.05, 4.69) is 4.98 Å². The molecule has 0 radical (unpaired) electrons. The van der Waals surface area contributed by atoms with Crippen LogP contribution in [0.5, 0.6) is 0 Å². The van der Waals surface area contributed by atoms with Gasteiger partial charge in [-0.15, -0.1) is 0 Å². The number of carbonyl (C=O) groups is 1. The lowest BCUT2D eigenvalue weighted by molar-refractivity contribution is 0.0991. The van der Waals surface area contributed by atoms with Gasteiger partial charge < -0.3 is 0 Å². The topological polar surface area (TPSA) is 33.2 Å². The maximum absolute atomic E-state index is 12.6. The summed E-state index contributed by atoms with van der Waals surface area (Å²) in [5.41, 5.74) is 3.95. The molecule has 0 atom stereocenters. The lowest BCUT2D eigenvalue weighted by Gasteiger charge is -2.19. The fraction of sp³-hybridized carbons (Fsp3) is 0.250. The average Bonchev–Trinajstić information content (AvgIpc) is 2.37. The van der Waals surface area contributed by atoms with E-state index in [0.29, 0.717) is 5.82 Å². The Bertz CT molecular complexity index is 582. The van der Waals surface area contributed by atoms with Gasteiger partial charge in [0.2, 0.25) is 0 Å². The molecule has 0 aliphatic rings. The first-order valence-corrected chi connectivity index (χ1v) is 6.27. The number of aryl methyl sites for hydroxylation is 3. The van der Waals surface area contributed by atoms with Crippen molar-refractivity contribution in [3.8, 4) is 0 Å². The van der Waals surface area contributed by atoms with Crippen LogP contribution in [0.1, 0.15) is 27.0 Å². The first kappa shape index (κ1) is 13.3. The minimum atomic E-state index is -0.0197. The standard InChI is InChI=1S/C16H18N2O/c1-11-9-12(2)15(13(3)10-11)16(19)18(4)14-7-5-6-8-17-14/h5-10H,1-4H3. The molecule has 0 spiro atoms. The van der Waals surface area contributed by atoms with E-state index >= 15 is 0 Å². The van der Waals surface area contributed by atoms with Crippen LogP contribution in [0.4, 0.5) is 5.82 Å². The van der Waals surface area contributed by atoms with Crippen molar-refractivity contribution in [2.75, 3.05) is 11.9 Å². The van der Waals surface area contributed by atoms with E-state index in [1.165, 1.54) is 5.56 Å². The Morgan fingerprint density at radius 3 is 2.26 bits per heavy atom. The Hall–Kier alpha value is -2.16. The minimum Gasteiger partial charge on any atom is -0.296 e. The summed E-state index contributed by atoms with van der Waals surface area (Å²) in [5.74, 6) is 0.639. The SMILES string of the molecule is Cc1cc(C)c(C(=O)N(C)c2ccccn2)c(C)c1. The monoisotopic (exact) mass is 254 g/mol. The molecule has 1 aromatic carbocycles. The molecule has 98 valence electrons. The van der Waals surface area contributed by atoms with E-state index in [4.69, 9.17) is 0 Å². The minimum absolute atomic E-state index is 0.0197. The first-order valence-electron chi connectivity index (χ1n) is 6.27. The first-order chi connectivity index (χ1) is 9.00. The van der Waals surface area contributed by atoms with Crippen LogP contribution in [0, 0.1) is 20.8 Å². The zero-order valence-corrected chi connectivity index (χ0v) is 11.8. The maximum atomic E-state index is 12.6. The summed E-state index contributed by atoms with van der Waals surface area (Å²) in [4.78, 5) is 18.4. The van der Waals surface area contributed by atoms with Crippen molar-refractivity contribution in [2.45, 2.75) is 20.8 Å². The van der Waals surface area contributed by atoms with Gasteiger partial charge in [-0.25, -0.2) is 4.98 Å². The van der Waals surface area contributed by atoms with Gasteiger partial charge in [0.05, 0.1) is 0 Å². The summed E-state index contributed by atoms with van der Waals surface area (Å²) < 4.78 is 0. The Labute approximate surface area is 113 Å². The predicted molar refractivity (Wildman–Crippen MR) is 77.6 cm³/mol. The van der Waals surface area contributed by atoms with Gasteiger partial charge >= 0.3 is 0 Å². The molecule has 19 heavy (non-hydrogen) atoms. The third kappa shape index (κ3) is 2.65. The van der Waals surface area contributed by atoms with Gasteiger partial charge in [-0.1, -0.05) is 23.8 Å². The lowest BCUT2D eigenvalue weighted by Crippen LogP contribution is -2.28. The maximum Gasteiger partial charge on any atom is 0.259 e. The van der Waals surface area contributed by atoms with Gasteiger partial charge in [-0.3, -0.25) is 9.69 Å². The van der Waals surface area contributed by atoms with Crippen LogP contribution in [0.2, 0.25) is 0 Å². The number of carbonyl (C=O) groups excluding carboxylic acids is 1. The molecule has 0 saturated heterocycles. The molecule has 0 aliphatic carbocycles. The largest absolute Gasteiger partial charge is 0.296 e. The Balaban J connectivity index is 2.40. The van der Waals surface area contributed by atoms with E-state index in [-0.39, 0.29) is 5.91 Å². The van der Waals surface area contributed by atoms with E-state index in [0.717, 1.165) is 16.7 Å². The summed E-state index contributed by atoms with van der Waals surface area (Å²) in [6.07, 6.45) is 1.69. The number of nitrogens with zero attached hydrogens (tertiary/aromatic N) is 2. The smallest absolute Gasteiger partial charge is 0.259 e. The van der Waals surface area contributed by atoms with Gasteiger partial charge in [0, 0.05) is 18.8 Å². The van der Waals surface area contributed by atoms with Crippen molar-refractivity contribution in [1.82, 2.24) is 4.98 Å². The third-order valence-corrected chi connectivity index (χ3v) is 3.19. The summed E-state index contributed by atoms with van der Waals surface area (Å²) in [6, 6.07) is 9.61. The zero-order chi connectivity index (χ0) is 14.0. The second-order valence-electron chi connectivity index (χ2n) is 4.83. The number of hydrogen-bond donors (Lipinski definition) is 0. The molecule has 0 fully saturated rings. The predicted octanol–water partition coefficient (Wildman–Crippen LogP) is 3.28. The van der Waals surface area contributed by atoms with Gasteiger partial charge in [0.25, 0.3) is 5.91 Å². The van der Waals surface area contributed by atoms with Crippen LogP contribution in [-0.2, 0) is 0 Å². The highest BCUT2D eigenvalue weighted by Gasteiger charge is 2.18. The molecule has 1 heterocycles. The second-order valence-corrected chi connectivity index (χ2v) is 4.83.